The number of ether oxygens (including phenoxy) is 3. The number of aromatic carboxylic acids is 1. The quantitative estimate of drug-likeness (QED) is 0.184. The van der Waals surface area contributed by atoms with E-state index in [4.69, 9.17) is 14.2 Å². The van der Waals surface area contributed by atoms with Gasteiger partial charge in [0.25, 0.3) is 0 Å². The average molecular weight is 499 g/mol. The van der Waals surface area contributed by atoms with E-state index in [-0.39, 0.29) is 48.3 Å². The van der Waals surface area contributed by atoms with Crippen LogP contribution in [0.25, 0.3) is 11.1 Å². The topological polar surface area (TPSA) is 123 Å². The molecule has 0 aliphatic heterocycles. The fourth-order valence-corrected chi connectivity index (χ4v) is 3.40. The first-order valence-corrected chi connectivity index (χ1v) is 11.4. The molecule has 0 amide bonds. The molecule has 0 spiro atoms. The van der Waals surface area contributed by atoms with Gasteiger partial charge in [-0.3, -0.25) is 4.79 Å². The van der Waals surface area contributed by atoms with E-state index in [1.807, 2.05) is 6.92 Å². The second kappa shape index (κ2) is 11.9. The molecule has 3 N–H and O–H groups in total. The van der Waals surface area contributed by atoms with E-state index >= 15 is 0 Å². The van der Waals surface area contributed by atoms with Crippen LogP contribution in [-0.4, -0.2) is 40.5 Å². The van der Waals surface area contributed by atoms with Crippen molar-refractivity contribution in [2.45, 2.75) is 33.1 Å². The van der Waals surface area contributed by atoms with Gasteiger partial charge in [0.1, 0.15) is 17.3 Å². The first-order chi connectivity index (χ1) is 17.2. The zero-order chi connectivity index (χ0) is 26.2. The van der Waals surface area contributed by atoms with Gasteiger partial charge in [0.05, 0.1) is 18.8 Å². The monoisotopic (exact) mass is 498 g/mol. The normalized spacial score (nSPS) is 10.6. The zero-order valence-electron chi connectivity index (χ0n) is 19.9. The number of aromatic hydroxyl groups is 2. The van der Waals surface area contributed by atoms with Crippen LogP contribution in [0, 0.1) is 5.82 Å². The molecule has 0 saturated heterocycles. The number of carboxylic acids is 1. The van der Waals surface area contributed by atoms with E-state index in [0.29, 0.717) is 29.7 Å². The SMILES string of the molecule is CCC(=O)Oc1cc(C(=O)O)cc(OCCCOc2cc(O)c(-c3ccc(F)cc3)cc2CC)c1O. The molecule has 0 atom stereocenters. The minimum atomic E-state index is -1.27. The summed E-state index contributed by atoms with van der Waals surface area (Å²) in [5.74, 6) is -2.68. The lowest BCUT2D eigenvalue weighted by Gasteiger charge is -2.15. The number of rotatable bonds is 11. The highest BCUT2D eigenvalue weighted by Gasteiger charge is 2.18. The number of carbonyl (C=O) groups is 2. The first-order valence-electron chi connectivity index (χ1n) is 11.4. The Labute approximate surface area is 207 Å². The molecule has 0 aliphatic rings. The van der Waals surface area contributed by atoms with Crippen LogP contribution in [0.5, 0.6) is 28.7 Å². The van der Waals surface area contributed by atoms with Crippen molar-refractivity contribution < 1.29 is 43.5 Å². The summed E-state index contributed by atoms with van der Waals surface area (Å²) in [6.07, 6.45) is 1.05. The van der Waals surface area contributed by atoms with Crippen molar-refractivity contribution in [1.29, 1.82) is 0 Å². The van der Waals surface area contributed by atoms with Gasteiger partial charge in [-0.2, -0.15) is 0 Å². The largest absolute Gasteiger partial charge is 0.507 e. The maximum atomic E-state index is 13.2. The van der Waals surface area contributed by atoms with E-state index in [0.717, 1.165) is 17.7 Å². The van der Waals surface area contributed by atoms with Crippen LogP contribution in [0.4, 0.5) is 4.39 Å². The molecule has 0 unspecified atom stereocenters. The Morgan fingerprint density at radius 2 is 1.53 bits per heavy atom. The van der Waals surface area contributed by atoms with Gasteiger partial charge in [0.2, 0.25) is 5.75 Å². The first kappa shape index (κ1) is 26.3. The predicted molar refractivity (Wildman–Crippen MR) is 129 cm³/mol. The summed E-state index contributed by atoms with van der Waals surface area (Å²) in [6, 6.07) is 11.3. The van der Waals surface area contributed by atoms with E-state index < -0.39 is 17.7 Å². The number of esters is 1. The Kier molecular flexibility index (Phi) is 8.72. The zero-order valence-corrected chi connectivity index (χ0v) is 19.9. The van der Waals surface area contributed by atoms with Crippen molar-refractivity contribution in [1.82, 2.24) is 0 Å². The average Bonchev–Trinajstić information content (AvgIpc) is 2.86. The minimum absolute atomic E-state index is 0.00498. The molecule has 0 aliphatic carbocycles. The van der Waals surface area contributed by atoms with E-state index in [2.05, 4.69) is 0 Å². The van der Waals surface area contributed by atoms with Crippen molar-refractivity contribution in [3.63, 3.8) is 0 Å². The molecule has 0 heterocycles. The van der Waals surface area contributed by atoms with Crippen molar-refractivity contribution >= 4 is 11.9 Å². The maximum Gasteiger partial charge on any atom is 0.335 e. The number of aryl methyl sites for hydroxylation is 1. The second-order valence-electron chi connectivity index (χ2n) is 7.84. The summed E-state index contributed by atoms with van der Waals surface area (Å²) in [5.41, 5.74) is 1.89. The van der Waals surface area contributed by atoms with Gasteiger partial charge in [-0.25, -0.2) is 9.18 Å². The number of benzene rings is 3. The maximum absolute atomic E-state index is 13.2. The lowest BCUT2D eigenvalue weighted by Crippen LogP contribution is -2.09. The molecule has 3 aromatic carbocycles. The fraction of sp³-hybridized carbons (Fsp3) is 0.259. The van der Waals surface area contributed by atoms with Crippen molar-refractivity contribution in [2.24, 2.45) is 0 Å². The number of halogens is 1. The Morgan fingerprint density at radius 3 is 2.14 bits per heavy atom. The molecular weight excluding hydrogens is 471 g/mol. The molecule has 36 heavy (non-hydrogen) atoms. The third-order valence-corrected chi connectivity index (χ3v) is 5.32. The summed E-state index contributed by atoms with van der Waals surface area (Å²) in [7, 11) is 0. The summed E-state index contributed by atoms with van der Waals surface area (Å²) in [6.45, 7) is 3.79. The van der Waals surface area contributed by atoms with Gasteiger partial charge in [-0.1, -0.05) is 26.0 Å². The van der Waals surface area contributed by atoms with E-state index in [1.54, 1.807) is 25.1 Å². The van der Waals surface area contributed by atoms with Crippen molar-refractivity contribution in [2.75, 3.05) is 13.2 Å². The molecule has 9 heteroatoms. The number of carboxylic acid groups (broad SMARTS) is 1. The van der Waals surface area contributed by atoms with E-state index in [1.165, 1.54) is 18.2 Å². The number of hydrogen-bond acceptors (Lipinski definition) is 7. The van der Waals surface area contributed by atoms with E-state index in [9.17, 15) is 29.3 Å². The van der Waals surface area contributed by atoms with Crippen LogP contribution in [-0.2, 0) is 11.2 Å². The summed E-state index contributed by atoms with van der Waals surface area (Å²) >= 11 is 0. The highest BCUT2D eigenvalue weighted by molar-refractivity contribution is 5.90. The lowest BCUT2D eigenvalue weighted by molar-refractivity contribution is -0.134. The third kappa shape index (κ3) is 6.44. The van der Waals surface area contributed by atoms with Gasteiger partial charge in [0, 0.05) is 24.5 Å². The Morgan fingerprint density at radius 1 is 0.889 bits per heavy atom. The molecule has 0 radical (unpaired) electrons. The van der Waals surface area contributed by atoms with Crippen LogP contribution < -0.4 is 14.2 Å². The Bertz CT molecular complexity index is 1240. The predicted octanol–water partition coefficient (Wildman–Crippen LogP) is 5.33. The second-order valence-corrected chi connectivity index (χ2v) is 7.84. The fourth-order valence-electron chi connectivity index (χ4n) is 3.40. The van der Waals surface area contributed by atoms with Gasteiger partial charge in [-0.05, 0) is 47.9 Å². The minimum Gasteiger partial charge on any atom is -0.507 e. The molecule has 3 aromatic rings. The van der Waals surface area contributed by atoms with Crippen molar-refractivity contribution in [3.8, 4) is 39.9 Å². The molecule has 8 nitrogen and oxygen atoms in total. The van der Waals surface area contributed by atoms with Crippen LogP contribution >= 0.6 is 0 Å². The number of hydrogen-bond donors (Lipinski definition) is 3. The van der Waals surface area contributed by atoms with Gasteiger partial charge in [0.15, 0.2) is 11.5 Å². The number of phenols is 2. The van der Waals surface area contributed by atoms with Gasteiger partial charge in [-0.15, -0.1) is 0 Å². The molecule has 0 fully saturated rings. The molecule has 0 aromatic heterocycles. The van der Waals surface area contributed by atoms with Gasteiger partial charge < -0.3 is 29.5 Å². The highest BCUT2D eigenvalue weighted by atomic mass is 19.1. The molecule has 3 rings (SSSR count). The highest BCUT2D eigenvalue weighted by Crippen LogP contribution is 2.38. The van der Waals surface area contributed by atoms with Crippen LogP contribution in [0.2, 0.25) is 0 Å². The molecular formula is C27H27FO8. The summed E-state index contributed by atoms with van der Waals surface area (Å²) in [5, 5.41) is 30.1. The summed E-state index contributed by atoms with van der Waals surface area (Å²) in [4.78, 5) is 23.0. The molecule has 190 valence electrons. The standard InChI is InChI=1S/C27H27FO8/c1-3-16-12-20(17-6-8-19(28)9-7-17)21(29)15-22(16)34-10-5-11-35-23-13-18(27(32)33)14-24(26(23)31)36-25(30)4-2/h6-9,12-15,29,31H,3-5,10-11H2,1-2H3,(H,32,33). The van der Waals surface area contributed by atoms with Crippen LogP contribution in [0.15, 0.2) is 48.5 Å². The van der Waals surface area contributed by atoms with Crippen LogP contribution in [0.3, 0.4) is 0 Å². The van der Waals surface area contributed by atoms with Crippen LogP contribution in [0.1, 0.15) is 42.6 Å². The Hall–Kier alpha value is -4.27. The molecule has 0 saturated carbocycles. The lowest BCUT2D eigenvalue weighted by atomic mass is 10.00. The van der Waals surface area contributed by atoms with Crippen molar-refractivity contribution in [3.05, 3.63) is 65.5 Å². The number of phenolic OH excluding ortho intramolecular Hbond substituents is 2. The van der Waals surface area contributed by atoms with Gasteiger partial charge >= 0.3 is 11.9 Å². The summed E-state index contributed by atoms with van der Waals surface area (Å²) < 4.78 is 29.6. The molecule has 0 bridgehead atoms. The third-order valence-electron chi connectivity index (χ3n) is 5.32. The Balaban J connectivity index is 1.65. The number of carbonyl (C=O) groups excluding carboxylic acids is 1. The smallest absolute Gasteiger partial charge is 0.335 e.